The third kappa shape index (κ3) is 3.60. The van der Waals surface area contributed by atoms with Crippen LogP contribution in [0.15, 0.2) is 81.8 Å². The first-order valence-corrected chi connectivity index (χ1v) is 12.5. The number of nitrogens with two attached hydrogens (primary N) is 1. The second-order valence-electron chi connectivity index (χ2n) is 9.50. The fourth-order valence-electron chi connectivity index (χ4n) is 5.51. The molecule has 0 radical (unpaired) electrons. The van der Waals surface area contributed by atoms with E-state index in [9.17, 15) is 4.79 Å². The van der Waals surface area contributed by atoms with E-state index in [2.05, 4.69) is 34.1 Å². The average molecular weight is 470 g/mol. The molecule has 1 aliphatic carbocycles. The van der Waals surface area contributed by atoms with Crippen molar-refractivity contribution in [3.8, 4) is 0 Å². The van der Waals surface area contributed by atoms with Crippen LogP contribution in [-0.4, -0.2) is 27.6 Å². The lowest BCUT2D eigenvalue weighted by Crippen LogP contribution is -2.44. The van der Waals surface area contributed by atoms with Gasteiger partial charge in [0.25, 0.3) is 5.56 Å². The minimum Gasteiger partial charge on any atom is -0.355 e. The number of fused-ring (bicyclic) bond motifs is 2. The molecule has 2 aromatic heterocycles. The zero-order chi connectivity index (χ0) is 23.3. The van der Waals surface area contributed by atoms with Crippen LogP contribution in [0, 0.1) is 5.41 Å². The monoisotopic (exact) mass is 469 g/mol. The standard InChI is InChI=1S/C27H27N5OS/c1-31-11-8-18-6-7-20(14-22(18)26(31)33)34-24-17-29-23(16-30-24)32-12-9-27(10-13-32)15-19-4-2-3-5-21(19)25(27)28/h2-8,11,14,16-17,25H,9-10,12-13,15,28H2,1H3/t25-/m1/s1. The number of anilines is 1. The Bertz CT molecular complexity index is 1420. The lowest BCUT2D eigenvalue weighted by Gasteiger charge is -2.42. The first kappa shape index (κ1) is 21.4. The van der Waals surface area contributed by atoms with Gasteiger partial charge in [-0.2, -0.15) is 0 Å². The predicted octanol–water partition coefficient (Wildman–Crippen LogP) is 4.32. The van der Waals surface area contributed by atoms with Crippen LogP contribution >= 0.6 is 11.8 Å². The van der Waals surface area contributed by atoms with E-state index in [1.165, 1.54) is 22.9 Å². The summed E-state index contributed by atoms with van der Waals surface area (Å²) in [5.74, 6) is 0.913. The highest BCUT2D eigenvalue weighted by Crippen LogP contribution is 2.50. The summed E-state index contributed by atoms with van der Waals surface area (Å²) in [5.41, 5.74) is 9.62. The van der Waals surface area contributed by atoms with Gasteiger partial charge in [-0.3, -0.25) is 4.79 Å². The van der Waals surface area contributed by atoms with Crippen molar-refractivity contribution in [3.05, 3.63) is 88.6 Å². The number of pyridine rings is 1. The number of aryl methyl sites for hydroxylation is 1. The molecule has 1 fully saturated rings. The maximum Gasteiger partial charge on any atom is 0.258 e. The Morgan fingerprint density at radius 3 is 2.65 bits per heavy atom. The van der Waals surface area contributed by atoms with Gasteiger partial charge in [0.05, 0.1) is 12.4 Å². The molecule has 1 aliphatic heterocycles. The Balaban J connectivity index is 1.14. The van der Waals surface area contributed by atoms with Gasteiger partial charge in [0.2, 0.25) is 0 Å². The van der Waals surface area contributed by atoms with E-state index in [0.29, 0.717) is 5.39 Å². The van der Waals surface area contributed by atoms with Crippen molar-refractivity contribution in [2.45, 2.75) is 35.2 Å². The van der Waals surface area contributed by atoms with Crippen LogP contribution in [0.1, 0.15) is 30.0 Å². The molecule has 0 bridgehead atoms. The van der Waals surface area contributed by atoms with E-state index < -0.39 is 0 Å². The molecular formula is C27H27N5OS. The van der Waals surface area contributed by atoms with Crippen LogP contribution in [0.4, 0.5) is 5.82 Å². The number of hydrogen-bond donors (Lipinski definition) is 1. The molecule has 6 nitrogen and oxygen atoms in total. The molecule has 1 spiro atoms. The van der Waals surface area contributed by atoms with Crippen molar-refractivity contribution in [3.63, 3.8) is 0 Å². The van der Waals surface area contributed by atoms with Gasteiger partial charge < -0.3 is 15.2 Å². The van der Waals surface area contributed by atoms with Gasteiger partial charge in [0.15, 0.2) is 0 Å². The molecule has 6 rings (SSSR count). The molecule has 1 saturated heterocycles. The van der Waals surface area contributed by atoms with Gasteiger partial charge in [-0.05, 0) is 59.4 Å². The molecular weight excluding hydrogens is 442 g/mol. The maximum absolute atomic E-state index is 12.4. The van der Waals surface area contributed by atoms with Crippen molar-refractivity contribution in [2.24, 2.45) is 18.2 Å². The lowest BCUT2D eigenvalue weighted by atomic mass is 9.73. The molecule has 3 heterocycles. The molecule has 34 heavy (non-hydrogen) atoms. The Labute approximate surface area is 202 Å². The lowest BCUT2D eigenvalue weighted by molar-refractivity contribution is 0.187. The molecule has 2 aliphatic rings. The van der Waals surface area contributed by atoms with E-state index in [0.717, 1.165) is 53.5 Å². The normalized spacial score (nSPS) is 19.0. The Kier molecular flexibility index (Phi) is 5.19. The fourth-order valence-corrected chi connectivity index (χ4v) is 6.28. The number of benzene rings is 2. The van der Waals surface area contributed by atoms with Gasteiger partial charge in [0, 0.05) is 42.7 Å². The van der Waals surface area contributed by atoms with Gasteiger partial charge in [-0.25, -0.2) is 9.97 Å². The van der Waals surface area contributed by atoms with E-state index in [1.54, 1.807) is 17.8 Å². The summed E-state index contributed by atoms with van der Waals surface area (Å²) in [5, 5.41) is 2.48. The minimum atomic E-state index is 0.00864. The summed E-state index contributed by atoms with van der Waals surface area (Å²) in [6, 6.07) is 16.7. The maximum atomic E-state index is 12.4. The van der Waals surface area contributed by atoms with Crippen LogP contribution < -0.4 is 16.2 Å². The van der Waals surface area contributed by atoms with Crippen molar-refractivity contribution >= 4 is 28.4 Å². The second-order valence-corrected chi connectivity index (χ2v) is 10.6. The zero-order valence-electron chi connectivity index (χ0n) is 19.1. The molecule has 4 aromatic rings. The number of nitrogens with zero attached hydrogens (tertiary/aromatic N) is 4. The Morgan fingerprint density at radius 2 is 1.88 bits per heavy atom. The quantitative estimate of drug-likeness (QED) is 0.482. The average Bonchev–Trinajstić information content (AvgIpc) is 3.14. The summed E-state index contributed by atoms with van der Waals surface area (Å²) in [4.78, 5) is 25.1. The predicted molar refractivity (Wildman–Crippen MR) is 136 cm³/mol. The van der Waals surface area contributed by atoms with Crippen molar-refractivity contribution in [2.75, 3.05) is 18.0 Å². The van der Waals surface area contributed by atoms with E-state index in [1.807, 2.05) is 36.7 Å². The van der Waals surface area contributed by atoms with Gasteiger partial charge in [0.1, 0.15) is 10.8 Å². The molecule has 7 heteroatoms. The zero-order valence-corrected chi connectivity index (χ0v) is 20.0. The van der Waals surface area contributed by atoms with Crippen LogP contribution in [0.2, 0.25) is 0 Å². The highest BCUT2D eigenvalue weighted by atomic mass is 32.2. The molecule has 2 N–H and O–H groups in total. The molecule has 0 saturated carbocycles. The third-order valence-corrected chi connectivity index (χ3v) is 8.48. The van der Waals surface area contributed by atoms with Crippen LogP contribution in [-0.2, 0) is 13.5 Å². The summed E-state index contributed by atoms with van der Waals surface area (Å²) >= 11 is 1.52. The first-order valence-electron chi connectivity index (χ1n) is 11.7. The van der Waals surface area contributed by atoms with Crippen LogP contribution in [0.3, 0.4) is 0 Å². The highest BCUT2D eigenvalue weighted by molar-refractivity contribution is 7.99. The third-order valence-electron chi connectivity index (χ3n) is 7.57. The van der Waals surface area contributed by atoms with Crippen molar-refractivity contribution in [1.82, 2.24) is 14.5 Å². The topological polar surface area (TPSA) is 77.0 Å². The van der Waals surface area contributed by atoms with E-state index in [4.69, 9.17) is 10.7 Å². The number of piperidine rings is 1. The van der Waals surface area contributed by atoms with E-state index >= 15 is 0 Å². The van der Waals surface area contributed by atoms with Crippen LogP contribution in [0.25, 0.3) is 10.8 Å². The smallest absolute Gasteiger partial charge is 0.258 e. The first-order chi connectivity index (χ1) is 16.5. The van der Waals surface area contributed by atoms with Gasteiger partial charge in [-0.15, -0.1) is 0 Å². The second kappa shape index (κ2) is 8.25. The number of rotatable bonds is 3. The fraction of sp³-hybridized carbons (Fsp3) is 0.296. The van der Waals surface area contributed by atoms with Crippen molar-refractivity contribution in [1.29, 1.82) is 0 Å². The summed E-state index contributed by atoms with van der Waals surface area (Å²) < 4.78 is 1.60. The molecule has 0 unspecified atom stereocenters. The Morgan fingerprint density at radius 1 is 1.06 bits per heavy atom. The highest BCUT2D eigenvalue weighted by Gasteiger charge is 2.45. The molecule has 172 valence electrons. The molecule has 0 amide bonds. The molecule has 1 atom stereocenters. The van der Waals surface area contributed by atoms with Crippen LogP contribution in [0.5, 0.6) is 0 Å². The van der Waals surface area contributed by atoms with Gasteiger partial charge in [-0.1, -0.05) is 42.1 Å². The molecule has 2 aromatic carbocycles. The number of hydrogen-bond acceptors (Lipinski definition) is 6. The Hall–Kier alpha value is -3.16. The summed E-state index contributed by atoms with van der Waals surface area (Å²) in [6.07, 6.45) is 8.69. The van der Waals surface area contributed by atoms with Crippen molar-refractivity contribution < 1.29 is 0 Å². The van der Waals surface area contributed by atoms with Gasteiger partial charge >= 0.3 is 0 Å². The van der Waals surface area contributed by atoms with E-state index in [-0.39, 0.29) is 17.0 Å². The largest absolute Gasteiger partial charge is 0.355 e. The number of aromatic nitrogens is 3. The summed E-state index contributed by atoms with van der Waals surface area (Å²) in [6.45, 7) is 1.88. The summed E-state index contributed by atoms with van der Waals surface area (Å²) in [7, 11) is 1.77. The SMILES string of the molecule is Cn1ccc2ccc(Sc3cnc(N4CCC5(CC4)Cc4ccccc4[C@H]5N)cn3)cc2c1=O. The minimum absolute atomic E-state index is 0.00864.